The van der Waals surface area contributed by atoms with Crippen LogP contribution in [0.1, 0.15) is 32.8 Å². The van der Waals surface area contributed by atoms with Crippen LogP contribution in [-0.4, -0.2) is 17.7 Å². The summed E-state index contributed by atoms with van der Waals surface area (Å²) >= 11 is 4.83. The van der Waals surface area contributed by atoms with Gasteiger partial charge in [0.05, 0.1) is 18.3 Å². The van der Waals surface area contributed by atoms with E-state index in [2.05, 4.69) is 6.92 Å². The van der Waals surface area contributed by atoms with Crippen LogP contribution in [0, 0.1) is 11.3 Å². The van der Waals surface area contributed by atoms with Crippen molar-refractivity contribution in [3.63, 3.8) is 0 Å². The van der Waals surface area contributed by atoms with Gasteiger partial charge in [0, 0.05) is 0 Å². The Labute approximate surface area is 131 Å². The highest BCUT2D eigenvalue weighted by Crippen LogP contribution is 2.30. The molecule has 0 aliphatic heterocycles. The van der Waals surface area contributed by atoms with Crippen LogP contribution in [0.15, 0.2) is 23.8 Å². The van der Waals surface area contributed by atoms with Gasteiger partial charge in [-0.15, -0.1) is 0 Å². The predicted octanol–water partition coefficient (Wildman–Crippen LogP) is 3.46. The summed E-state index contributed by atoms with van der Waals surface area (Å²) in [6.07, 6.45) is 2.65. The van der Waals surface area contributed by atoms with Gasteiger partial charge < -0.3 is 15.2 Å². The molecule has 112 valence electrons. The maximum atomic E-state index is 8.99. The third kappa shape index (κ3) is 5.09. The Hall–Kier alpha value is -2.06. The van der Waals surface area contributed by atoms with E-state index in [0.717, 1.165) is 12.0 Å². The van der Waals surface area contributed by atoms with Gasteiger partial charge in [-0.25, -0.2) is 0 Å². The predicted molar refractivity (Wildman–Crippen MR) is 88.4 cm³/mol. The molecule has 5 heteroatoms. The fourth-order valence-corrected chi connectivity index (χ4v) is 1.71. The highest BCUT2D eigenvalue weighted by molar-refractivity contribution is 7.80. The van der Waals surface area contributed by atoms with E-state index in [-0.39, 0.29) is 16.7 Å². The van der Waals surface area contributed by atoms with Gasteiger partial charge >= 0.3 is 0 Å². The maximum absolute atomic E-state index is 8.99. The van der Waals surface area contributed by atoms with Crippen LogP contribution in [0.2, 0.25) is 0 Å². The van der Waals surface area contributed by atoms with Crippen molar-refractivity contribution in [2.75, 3.05) is 6.61 Å². The third-order valence-corrected chi connectivity index (χ3v) is 3.09. The number of hydrogen-bond acceptors (Lipinski definition) is 4. The molecule has 1 rings (SSSR count). The van der Waals surface area contributed by atoms with E-state index in [1.807, 2.05) is 38.1 Å². The highest BCUT2D eigenvalue weighted by atomic mass is 32.1. The lowest BCUT2D eigenvalue weighted by atomic mass is 10.1. The van der Waals surface area contributed by atoms with Crippen LogP contribution < -0.4 is 15.2 Å². The number of benzene rings is 1. The second kappa shape index (κ2) is 8.28. The van der Waals surface area contributed by atoms with E-state index in [0.29, 0.717) is 18.1 Å². The van der Waals surface area contributed by atoms with E-state index in [9.17, 15) is 0 Å². The molecule has 0 heterocycles. The minimum atomic E-state index is 0.0791. The first kappa shape index (κ1) is 17.0. The molecule has 1 atom stereocenters. The lowest BCUT2D eigenvalue weighted by Crippen LogP contribution is -2.11. The van der Waals surface area contributed by atoms with Crippen molar-refractivity contribution in [2.45, 2.75) is 33.3 Å². The van der Waals surface area contributed by atoms with Crippen molar-refractivity contribution in [3.05, 3.63) is 29.3 Å². The smallest absolute Gasteiger partial charge is 0.161 e. The molecule has 0 saturated carbocycles. The molecule has 0 aromatic heterocycles. The van der Waals surface area contributed by atoms with Gasteiger partial charge in [-0.05, 0) is 44.0 Å². The molecule has 0 radical (unpaired) electrons. The Bertz CT molecular complexity index is 576. The fraction of sp³-hybridized carbons (Fsp3) is 0.375. The Morgan fingerprint density at radius 3 is 2.67 bits per heavy atom. The number of nitrogens with zero attached hydrogens (tertiary/aromatic N) is 1. The molecular weight excluding hydrogens is 284 g/mol. The molecule has 0 unspecified atom stereocenters. The molecule has 2 N–H and O–H groups in total. The number of ether oxygens (including phenoxy) is 2. The van der Waals surface area contributed by atoms with Gasteiger partial charge in [-0.2, -0.15) is 5.26 Å². The lowest BCUT2D eigenvalue weighted by molar-refractivity contribution is 0.203. The highest BCUT2D eigenvalue weighted by Gasteiger charge is 2.09. The quantitative estimate of drug-likeness (QED) is 0.474. The Balaban J connectivity index is 3.14. The van der Waals surface area contributed by atoms with Gasteiger partial charge in [-0.3, -0.25) is 0 Å². The molecule has 4 nitrogen and oxygen atoms in total. The number of hydrogen-bond donors (Lipinski definition) is 1. The number of nitriles is 1. The molecule has 1 aromatic carbocycles. The number of nitrogens with two attached hydrogens (primary N) is 1. The first-order valence-electron chi connectivity index (χ1n) is 6.86. The van der Waals surface area contributed by atoms with Crippen LogP contribution in [-0.2, 0) is 0 Å². The molecule has 0 saturated heterocycles. The summed E-state index contributed by atoms with van der Waals surface area (Å²) in [6, 6.07) is 7.47. The largest absolute Gasteiger partial charge is 0.490 e. The van der Waals surface area contributed by atoms with Gasteiger partial charge in [-0.1, -0.05) is 25.2 Å². The average molecular weight is 304 g/mol. The van der Waals surface area contributed by atoms with Crippen molar-refractivity contribution in [3.8, 4) is 17.6 Å². The Kier molecular flexibility index (Phi) is 6.70. The third-order valence-electron chi connectivity index (χ3n) is 2.87. The van der Waals surface area contributed by atoms with Crippen LogP contribution in [0.5, 0.6) is 11.5 Å². The summed E-state index contributed by atoms with van der Waals surface area (Å²) in [5.41, 5.74) is 6.55. The second-order valence-corrected chi connectivity index (χ2v) is 4.95. The van der Waals surface area contributed by atoms with Crippen molar-refractivity contribution >= 4 is 23.3 Å². The summed E-state index contributed by atoms with van der Waals surface area (Å²) in [4.78, 5) is 0.0791. The minimum Gasteiger partial charge on any atom is -0.490 e. The SMILES string of the molecule is CCOc1cc(/C=C(\C#N)C(N)=S)ccc1O[C@H](C)CC. The van der Waals surface area contributed by atoms with Gasteiger partial charge in [0.2, 0.25) is 0 Å². The van der Waals surface area contributed by atoms with Crippen LogP contribution in [0.3, 0.4) is 0 Å². The summed E-state index contributed by atoms with van der Waals surface area (Å²) in [5.74, 6) is 1.34. The number of rotatable bonds is 7. The van der Waals surface area contributed by atoms with Crippen molar-refractivity contribution in [1.29, 1.82) is 5.26 Å². The maximum Gasteiger partial charge on any atom is 0.161 e. The average Bonchev–Trinajstić information content (AvgIpc) is 2.46. The molecule has 21 heavy (non-hydrogen) atoms. The molecule has 0 spiro atoms. The van der Waals surface area contributed by atoms with Gasteiger partial charge in [0.15, 0.2) is 11.5 Å². The molecule has 0 amide bonds. The normalized spacial score (nSPS) is 12.4. The van der Waals surface area contributed by atoms with E-state index in [1.54, 1.807) is 6.08 Å². The summed E-state index contributed by atoms with van der Waals surface area (Å²) in [7, 11) is 0. The standard InChI is InChI=1S/C16H20N2O2S/c1-4-11(3)20-14-7-6-12(9-15(14)19-5-2)8-13(10-17)16(18)21/h6-9,11H,4-5H2,1-3H3,(H2,18,21)/b13-8+/t11-/m1/s1. The van der Waals surface area contributed by atoms with E-state index >= 15 is 0 Å². The first-order valence-corrected chi connectivity index (χ1v) is 7.27. The minimum absolute atomic E-state index is 0.0791. The zero-order valence-electron chi connectivity index (χ0n) is 12.6. The molecule has 0 aliphatic carbocycles. The number of thiocarbonyl (C=S) groups is 1. The van der Waals surface area contributed by atoms with Gasteiger partial charge in [0.1, 0.15) is 11.1 Å². The van der Waals surface area contributed by atoms with Crippen LogP contribution in [0.4, 0.5) is 0 Å². The van der Waals surface area contributed by atoms with Crippen molar-refractivity contribution < 1.29 is 9.47 Å². The van der Waals surface area contributed by atoms with Crippen LogP contribution in [0.25, 0.3) is 6.08 Å². The lowest BCUT2D eigenvalue weighted by Gasteiger charge is -2.16. The fourth-order valence-electron chi connectivity index (χ4n) is 1.61. The zero-order valence-corrected chi connectivity index (χ0v) is 13.4. The summed E-state index contributed by atoms with van der Waals surface area (Å²) in [5, 5.41) is 8.99. The molecule has 1 aromatic rings. The molecule has 0 aliphatic rings. The van der Waals surface area contributed by atoms with E-state index in [4.69, 9.17) is 32.7 Å². The van der Waals surface area contributed by atoms with Crippen molar-refractivity contribution in [2.24, 2.45) is 5.73 Å². The molecular formula is C16H20N2O2S. The van der Waals surface area contributed by atoms with Crippen LogP contribution >= 0.6 is 12.2 Å². The van der Waals surface area contributed by atoms with E-state index in [1.165, 1.54) is 0 Å². The molecule has 0 bridgehead atoms. The zero-order chi connectivity index (χ0) is 15.8. The van der Waals surface area contributed by atoms with Gasteiger partial charge in [0.25, 0.3) is 0 Å². The van der Waals surface area contributed by atoms with E-state index < -0.39 is 0 Å². The topological polar surface area (TPSA) is 68.3 Å². The summed E-state index contributed by atoms with van der Waals surface area (Å²) < 4.78 is 11.4. The summed E-state index contributed by atoms with van der Waals surface area (Å²) in [6.45, 7) is 6.50. The Morgan fingerprint density at radius 2 is 2.14 bits per heavy atom. The monoisotopic (exact) mass is 304 g/mol. The van der Waals surface area contributed by atoms with Crippen molar-refractivity contribution in [1.82, 2.24) is 0 Å². The second-order valence-electron chi connectivity index (χ2n) is 4.51. The first-order chi connectivity index (χ1) is 10.0. The molecule has 0 fully saturated rings. The Morgan fingerprint density at radius 1 is 1.43 bits per heavy atom.